The Morgan fingerprint density at radius 1 is 0.490 bits per heavy atom. The van der Waals surface area contributed by atoms with E-state index in [1.807, 2.05) is 18.7 Å². The summed E-state index contributed by atoms with van der Waals surface area (Å²) in [5.74, 6) is 0. The van der Waals surface area contributed by atoms with Crippen LogP contribution in [-0.2, 0) is 21.0 Å². The third-order valence-corrected chi connectivity index (χ3v) is 12.8. The highest BCUT2D eigenvalue weighted by molar-refractivity contribution is 7.99. The summed E-state index contributed by atoms with van der Waals surface area (Å²) in [4.78, 5) is 6.44. The van der Waals surface area contributed by atoms with Gasteiger partial charge in [0.1, 0.15) is 10.1 Å². The van der Waals surface area contributed by atoms with Gasteiger partial charge in [-0.05, 0) is 121 Å². The molecule has 254 valence electrons. The van der Waals surface area contributed by atoms with E-state index in [0.717, 1.165) is 5.56 Å². The van der Waals surface area contributed by atoms with Gasteiger partial charge in [0.15, 0.2) is 14.7 Å². The van der Waals surface area contributed by atoms with Crippen LogP contribution in [0.15, 0.2) is 205 Å². The average Bonchev–Trinajstić information content (AvgIpc) is 3.15. The van der Waals surface area contributed by atoms with Gasteiger partial charge in [-0.2, -0.15) is 0 Å². The molecule has 51 heavy (non-hydrogen) atoms. The number of aryl methyl sites for hydroxylation is 3. The van der Waals surface area contributed by atoms with Crippen LogP contribution in [0.3, 0.4) is 0 Å². The third-order valence-electron chi connectivity index (χ3n) is 8.39. The van der Waals surface area contributed by atoms with Crippen molar-refractivity contribution in [1.82, 2.24) is 0 Å². The summed E-state index contributed by atoms with van der Waals surface area (Å²) in [5, 5.41) is 0. The molecule has 0 fully saturated rings. The van der Waals surface area contributed by atoms with E-state index in [0.29, 0.717) is 0 Å². The van der Waals surface area contributed by atoms with Gasteiger partial charge in [0.05, 0.1) is 15.8 Å². The molecule has 0 aliphatic rings. The van der Waals surface area contributed by atoms with Crippen molar-refractivity contribution in [2.75, 3.05) is 0 Å². The summed E-state index contributed by atoms with van der Waals surface area (Å²) in [6, 6.07) is 60.8. The molecule has 0 radical (unpaired) electrons. The van der Waals surface area contributed by atoms with Crippen molar-refractivity contribution >= 4 is 32.8 Å². The fourth-order valence-electron chi connectivity index (χ4n) is 5.63. The average molecular weight is 723 g/mol. The molecule has 0 saturated heterocycles. The topological polar surface area (TPSA) is 57.2 Å². The second kappa shape index (κ2) is 16.4. The molecule has 0 aliphatic heterocycles. The molecule has 7 aromatic carbocycles. The van der Waals surface area contributed by atoms with Crippen molar-refractivity contribution in [3.8, 4) is 22.3 Å². The first-order valence-electron chi connectivity index (χ1n) is 16.6. The molecule has 0 spiro atoms. The molecule has 1 unspecified atom stereocenters. The van der Waals surface area contributed by atoms with Crippen molar-refractivity contribution in [3.63, 3.8) is 0 Å². The lowest BCUT2D eigenvalue weighted by molar-refractivity contribution is 0.463. The van der Waals surface area contributed by atoms with Crippen LogP contribution in [0.2, 0.25) is 0 Å². The Balaban J connectivity index is 0.000000349. The molecule has 0 saturated carbocycles. The molecular formula is C45H38O3S3. The van der Waals surface area contributed by atoms with Gasteiger partial charge in [0.25, 0.3) is 0 Å². The zero-order chi connectivity index (χ0) is 35.8. The molecule has 7 rings (SSSR count). The molecule has 0 N–H and O–H groups in total. The first-order valence-corrected chi connectivity index (χ1v) is 20.0. The number of rotatable bonds is 8. The van der Waals surface area contributed by atoms with Gasteiger partial charge >= 0.3 is 0 Å². The van der Waals surface area contributed by atoms with Gasteiger partial charge in [-0.15, -0.1) is 0 Å². The van der Waals surface area contributed by atoms with E-state index < -0.39 is 10.1 Å². The Hall–Kier alpha value is -4.85. The second-order valence-corrected chi connectivity index (χ2v) is 16.6. The highest BCUT2D eigenvalue weighted by Gasteiger charge is 2.30. The number of benzene rings is 7. The molecule has 0 amide bonds. The van der Waals surface area contributed by atoms with E-state index in [-0.39, 0.29) is 15.8 Å². The largest absolute Gasteiger partial charge is 0.744 e. The maximum Gasteiger partial charge on any atom is 0.169 e. The van der Waals surface area contributed by atoms with Gasteiger partial charge in [-0.25, -0.2) is 8.42 Å². The van der Waals surface area contributed by atoms with Crippen LogP contribution < -0.4 is 0 Å². The Morgan fingerprint density at radius 3 is 1.51 bits per heavy atom. The Bertz CT molecular complexity index is 2300. The monoisotopic (exact) mass is 722 g/mol. The Labute approximate surface area is 309 Å². The van der Waals surface area contributed by atoms with Gasteiger partial charge < -0.3 is 4.55 Å². The van der Waals surface area contributed by atoms with Crippen LogP contribution in [0.1, 0.15) is 16.7 Å². The molecule has 6 heteroatoms. The van der Waals surface area contributed by atoms with Crippen LogP contribution in [0.4, 0.5) is 0 Å². The van der Waals surface area contributed by atoms with E-state index in [9.17, 15) is 13.0 Å². The quantitative estimate of drug-likeness (QED) is 0.116. The fraction of sp³-hybridized carbons (Fsp3) is 0.0667. The molecule has 3 nitrogen and oxygen atoms in total. The third kappa shape index (κ3) is 9.29. The first kappa shape index (κ1) is 36.0. The van der Waals surface area contributed by atoms with Crippen LogP contribution in [0.25, 0.3) is 22.3 Å². The molecule has 0 aromatic heterocycles. The van der Waals surface area contributed by atoms with E-state index in [1.165, 1.54) is 70.0 Å². The van der Waals surface area contributed by atoms with Crippen molar-refractivity contribution in [2.24, 2.45) is 0 Å². The zero-order valence-electron chi connectivity index (χ0n) is 28.7. The highest BCUT2D eigenvalue weighted by atomic mass is 32.2. The Morgan fingerprint density at radius 2 is 0.980 bits per heavy atom. The number of hydrogen-bond donors (Lipinski definition) is 0. The smallest absolute Gasteiger partial charge is 0.169 e. The van der Waals surface area contributed by atoms with E-state index in [4.69, 9.17) is 0 Å². The summed E-state index contributed by atoms with van der Waals surface area (Å²) in [6.45, 7) is 6.28. The van der Waals surface area contributed by atoms with Crippen molar-refractivity contribution in [2.45, 2.75) is 50.1 Å². The second-order valence-electron chi connectivity index (χ2n) is 12.1. The zero-order valence-corrected chi connectivity index (χ0v) is 31.1. The normalized spacial score (nSPS) is 11.7. The maximum atomic E-state index is 10.4. The first-order chi connectivity index (χ1) is 24.7. The lowest BCUT2D eigenvalue weighted by Gasteiger charge is -2.13. The molecule has 0 bridgehead atoms. The predicted molar refractivity (Wildman–Crippen MR) is 212 cm³/mol. The van der Waals surface area contributed by atoms with Crippen LogP contribution in [0, 0.1) is 20.8 Å². The minimum absolute atomic E-state index is 0.178. The minimum atomic E-state index is -4.27. The molecule has 1 atom stereocenters. The van der Waals surface area contributed by atoms with Crippen LogP contribution in [-0.4, -0.2) is 13.0 Å². The highest BCUT2D eigenvalue weighted by Crippen LogP contribution is 2.38. The Kier molecular flexibility index (Phi) is 11.6. The van der Waals surface area contributed by atoms with Crippen molar-refractivity contribution < 1.29 is 13.0 Å². The number of hydrogen-bond acceptors (Lipinski definition) is 4. The molecule has 7 aromatic rings. The minimum Gasteiger partial charge on any atom is -0.744 e. The summed E-state index contributed by atoms with van der Waals surface area (Å²) in [7, 11) is -4.46. The fourth-order valence-corrected chi connectivity index (χ4v) is 9.27. The van der Waals surface area contributed by atoms with Gasteiger partial charge in [0, 0.05) is 15.4 Å². The predicted octanol–water partition coefficient (Wildman–Crippen LogP) is 11.8. The van der Waals surface area contributed by atoms with E-state index in [1.54, 1.807) is 12.1 Å². The molecular weight excluding hydrogens is 685 g/mol. The van der Waals surface area contributed by atoms with E-state index >= 15 is 0 Å². The van der Waals surface area contributed by atoms with E-state index in [2.05, 4.69) is 166 Å². The van der Waals surface area contributed by atoms with Crippen LogP contribution in [0.5, 0.6) is 0 Å². The SMILES string of the molecule is Cc1cc([S+](c2ccc(-c3ccccc3)cc2)c2ccccc2C)ccc1Sc1ccc(-c2ccccc2)cc1.Cc1ccc(S(=O)(=O)[O-])cc1. The summed E-state index contributed by atoms with van der Waals surface area (Å²) in [5.41, 5.74) is 8.56. The van der Waals surface area contributed by atoms with Crippen molar-refractivity contribution in [1.29, 1.82) is 0 Å². The maximum absolute atomic E-state index is 10.4. The summed E-state index contributed by atoms with van der Waals surface area (Å²) >= 11 is 1.84. The standard InChI is InChI=1S/C38H31S2.C7H8O3S/c1-28-11-9-10-16-38(28)40(35-23-19-33(20-24-35)31-14-7-4-8-15-31)36-25-26-37(29(2)27-36)39-34-21-17-32(18-22-34)30-12-5-3-6-13-30;1-6-2-4-7(5-3-6)11(8,9)10/h3-27H,1-2H3;2-5H,1H3,(H,8,9,10)/q+1;/p-1. The summed E-state index contributed by atoms with van der Waals surface area (Å²) < 4.78 is 31.2. The lowest BCUT2D eigenvalue weighted by Crippen LogP contribution is -2.07. The summed E-state index contributed by atoms with van der Waals surface area (Å²) in [6.07, 6.45) is 0. The molecule has 0 heterocycles. The van der Waals surface area contributed by atoms with Gasteiger partial charge in [-0.3, -0.25) is 0 Å². The lowest BCUT2D eigenvalue weighted by atomic mass is 10.1. The van der Waals surface area contributed by atoms with Gasteiger partial charge in [-0.1, -0.05) is 120 Å². The molecule has 0 aliphatic carbocycles. The van der Waals surface area contributed by atoms with Crippen molar-refractivity contribution in [3.05, 3.63) is 193 Å². The van der Waals surface area contributed by atoms with Crippen LogP contribution >= 0.6 is 11.8 Å². The van der Waals surface area contributed by atoms with Gasteiger partial charge in [0.2, 0.25) is 0 Å².